The van der Waals surface area contributed by atoms with Gasteiger partial charge >= 0.3 is 0 Å². The predicted molar refractivity (Wildman–Crippen MR) is 109 cm³/mol. The van der Waals surface area contributed by atoms with Gasteiger partial charge in [-0.3, -0.25) is 4.79 Å². The van der Waals surface area contributed by atoms with Crippen molar-refractivity contribution in [3.05, 3.63) is 54.1 Å². The summed E-state index contributed by atoms with van der Waals surface area (Å²) >= 11 is 0. The van der Waals surface area contributed by atoms with Crippen LogP contribution in [-0.2, 0) is 4.74 Å². The van der Waals surface area contributed by atoms with Crippen molar-refractivity contribution in [1.29, 1.82) is 0 Å². The summed E-state index contributed by atoms with van der Waals surface area (Å²) < 4.78 is 11.0. The second-order valence-electron chi connectivity index (χ2n) is 6.18. The number of rotatable bonds is 11. The zero-order chi connectivity index (χ0) is 19.5. The van der Waals surface area contributed by atoms with E-state index in [1.54, 1.807) is 7.11 Å². The normalized spacial score (nSPS) is 10.8. The molecule has 5 nitrogen and oxygen atoms in total. The lowest BCUT2D eigenvalue weighted by molar-refractivity contribution is 0.0882. The van der Waals surface area contributed by atoms with Crippen molar-refractivity contribution in [2.45, 2.75) is 13.8 Å². The summed E-state index contributed by atoms with van der Waals surface area (Å²) in [5.41, 5.74) is 2.58. The van der Waals surface area contributed by atoms with E-state index in [0.717, 1.165) is 30.8 Å². The molecule has 0 bridgehead atoms. The van der Waals surface area contributed by atoms with Crippen LogP contribution < -0.4 is 10.1 Å². The zero-order valence-electron chi connectivity index (χ0n) is 16.5. The van der Waals surface area contributed by atoms with E-state index < -0.39 is 0 Å². The number of benzene rings is 2. The standard InChI is InChI=1S/C22H30N2O3/c1-4-24(5-2)14-16-27-15-13-23-22(25)20-17-19(11-12-21(20)26-3)18-9-7-6-8-10-18/h6-12,17H,4-5,13-16H2,1-3H3,(H,23,25). The van der Waals surface area contributed by atoms with Gasteiger partial charge in [0.2, 0.25) is 0 Å². The first kappa shape index (κ1) is 20.9. The number of ether oxygens (including phenoxy) is 2. The number of amides is 1. The third kappa shape index (κ3) is 6.38. The summed E-state index contributed by atoms with van der Waals surface area (Å²) in [7, 11) is 1.57. The summed E-state index contributed by atoms with van der Waals surface area (Å²) in [5, 5.41) is 2.91. The van der Waals surface area contributed by atoms with E-state index in [9.17, 15) is 4.79 Å². The van der Waals surface area contributed by atoms with Crippen LogP contribution in [-0.4, -0.2) is 57.3 Å². The van der Waals surface area contributed by atoms with Crippen LogP contribution in [0.25, 0.3) is 11.1 Å². The van der Waals surface area contributed by atoms with Gasteiger partial charge in [0.05, 0.1) is 25.9 Å². The number of likely N-dealkylation sites (N-methyl/N-ethyl adjacent to an activating group) is 1. The number of hydrogen-bond donors (Lipinski definition) is 1. The molecule has 1 amide bonds. The van der Waals surface area contributed by atoms with E-state index >= 15 is 0 Å². The SMILES string of the molecule is CCN(CC)CCOCCNC(=O)c1cc(-c2ccccc2)ccc1OC. The van der Waals surface area contributed by atoms with Crippen LogP contribution in [0.15, 0.2) is 48.5 Å². The monoisotopic (exact) mass is 370 g/mol. The molecule has 0 saturated carbocycles. The summed E-state index contributed by atoms with van der Waals surface area (Å²) in [5.74, 6) is 0.409. The van der Waals surface area contributed by atoms with Crippen LogP contribution in [0, 0.1) is 0 Å². The van der Waals surface area contributed by atoms with Crippen molar-refractivity contribution in [2.24, 2.45) is 0 Å². The molecule has 2 rings (SSSR count). The van der Waals surface area contributed by atoms with Gasteiger partial charge in [0.15, 0.2) is 0 Å². The fourth-order valence-electron chi connectivity index (χ4n) is 2.86. The van der Waals surface area contributed by atoms with Crippen LogP contribution in [0.3, 0.4) is 0 Å². The van der Waals surface area contributed by atoms with Gasteiger partial charge in [-0.25, -0.2) is 0 Å². The number of carbonyl (C=O) groups excluding carboxylic acids is 1. The molecule has 2 aromatic rings. The Kier molecular flexibility index (Phi) is 8.81. The lowest BCUT2D eigenvalue weighted by Crippen LogP contribution is -2.30. The molecule has 0 aliphatic heterocycles. The van der Waals surface area contributed by atoms with E-state index in [4.69, 9.17) is 9.47 Å². The molecule has 0 fully saturated rings. The second kappa shape index (κ2) is 11.4. The Morgan fingerprint density at radius 3 is 2.41 bits per heavy atom. The number of nitrogens with one attached hydrogen (secondary N) is 1. The largest absolute Gasteiger partial charge is 0.496 e. The van der Waals surface area contributed by atoms with Gasteiger partial charge in [-0.2, -0.15) is 0 Å². The van der Waals surface area contributed by atoms with Crippen molar-refractivity contribution in [3.8, 4) is 16.9 Å². The molecule has 0 saturated heterocycles. The fourth-order valence-corrected chi connectivity index (χ4v) is 2.86. The number of hydrogen-bond acceptors (Lipinski definition) is 4. The van der Waals surface area contributed by atoms with Gasteiger partial charge in [-0.05, 0) is 36.3 Å². The van der Waals surface area contributed by atoms with Crippen LogP contribution in [0.5, 0.6) is 5.75 Å². The van der Waals surface area contributed by atoms with Gasteiger partial charge in [0.1, 0.15) is 5.75 Å². The fraction of sp³-hybridized carbons (Fsp3) is 0.409. The molecule has 5 heteroatoms. The molecule has 27 heavy (non-hydrogen) atoms. The number of methoxy groups -OCH3 is 1. The molecule has 146 valence electrons. The maximum Gasteiger partial charge on any atom is 0.255 e. The topological polar surface area (TPSA) is 50.8 Å². The maximum atomic E-state index is 12.6. The number of nitrogens with zero attached hydrogens (tertiary/aromatic N) is 1. The highest BCUT2D eigenvalue weighted by Crippen LogP contribution is 2.26. The summed E-state index contributed by atoms with van der Waals surface area (Å²) in [4.78, 5) is 14.9. The van der Waals surface area contributed by atoms with Crippen molar-refractivity contribution in [2.75, 3.05) is 46.5 Å². The quantitative estimate of drug-likeness (QED) is 0.616. The molecule has 2 aromatic carbocycles. The van der Waals surface area contributed by atoms with Gasteiger partial charge in [-0.15, -0.1) is 0 Å². The van der Waals surface area contributed by atoms with Gasteiger partial charge in [0.25, 0.3) is 5.91 Å². The van der Waals surface area contributed by atoms with Crippen LogP contribution >= 0.6 is 0 Å². The van der Waals surface area contributed by atoms with Crippen molar-refractivity contribution < 1.29 is 14.3 Å². The predicted octanol–water partition coefficient (Wildman–Crippen LogP) is 3.45. The average Bonchev–Trinajstić information content (AvgIpc) is 2.73. The minimum atomic E-state index is -0.156. The van der Waals surface area contributed by atoms with E-state index in [1.807, 2.05) is 48.5 Å². The first-order valence-corrected chi connectivity index (χ1v) is 9.51. The Bertz CT molecular complexity index is 700. The van der Waals surface area contributed by atoms with E-state index in [-0.39, 0.29) is 5.91 Å². The van der Waals surface area contributed by atoms with Crippen LogP contribution in [0.1, 0.15) is 24.2 Å². The molecule has 0 atom stereocenters. The summed E-state index contributed by atoms with van der Waals surface area (Å²) in [6.45, 7) is 8.87. The highest BCUT2D eigenvalue weighted by Gasteiger charge is 2.13. The van der Waals surface area contributed by atoms with Crippen LogP contribution in [0.2, 0.25) is 0 Å². The minimum Gasteiger partial charge on any atom is -0.496 e. The summed E-state index contributed by atoms with van der Waals surface area (Å²) in [6, 6.07) is 15.6. The zero-order valence-corrected chi connectivity index (χ0v) is 16.5. The Morgan fingerprint density at radius 2 is 1.74 bits per heavy atom. The van der Waals surface area contributed by atoms with Gasteiger partial charge in [-0.1, -0.05) is 50.2 Å². The number of carbonyl (C=O) groups is 1. The molecule has 0 aliphatic rings. The second-order valence-corrected chi connectivity index (χ2v) is 6.18. The summed E-state index contributed by atoms with van der Waals surface area (Å²) in [6.07, 6.45) is 0. The first-order chi connectivity index (χ1) is 13.2. The molecule has 1 N–H and O–H groups in total. The van der Waals surface area contributed by atoms with Crippen molar-refractivity contribution >= 4 is 5.91 Å². The highest BCUT2D eigenvalue weighted by atomic mass is 16.5. The first-order valence-electron chi connectivity index (χ1n) is 9.51. The highest BCUT2D eigenvalue weighted by molar-refractivity contribution is 5.98. The van der Waals surface area contributed by atoms with Gasteiger partial charge in [0, 0.05) is 13.1 Å². The Balaban J connectivity index is 1.89. The van der Waals surface area contributed by atoms with Crippen molar-refractivity contribution in [3.63, 3.8) is 0 Å². The van der Waals surface area contributed by atoms with E-state index in [2.05, 4.69) is 24.1 Å². The average molecular weight is 370 g/mol. The smallest absolute Gasteiger partial charge is 0.255 e. The molecule has 0 aromatic heterocycles. The van der Waals surface area contributed by atoms with E-state index in [0.29, 0.717) is 31.1 Å². The lowest BCUT2D eigenvalue weighted by Gasteiger charge is -2.17. The third-order valence-corrected chi connectivity index (χ3v) is 4.53. The minimum absolute atomic E-state index is 0.156. The molecule has 0 aliphatic carbocycles. The van der Waals surface area contributed by atoms with Gasteiger partial charge < -0.3 is 19.7 Å². The Hall–Kier alpha value is -2.37. The van der Waals surface area contributed by atoms with E-state index in [1.165, 1.54) is 0 Å². The Morgan fingerprint density at radius 1 is 1.00 bits per heavy atom. The molecule has 0 unspecified atom stereocenters. The van der Waals surface area contributed by atoms with Crippen molar-refractivity contribution in [1.82, 2.24) is 10.2 Å². The molecular weight excluding hydrogens is 340 g/mol. The molecule has 0 spiro atoms. The Labute approximate surface area is 162 Å². The molecule has 0 heterocycles. The molecule has 0 radical (unpaired) electrons. The lowest BCUT2D eigenvalue weighted by atomic mass is 10.0. The van der Waals surface area contributed by atoms with Crippen LogP contribution in [0.4, 0.5) is 0 Å². The third-order valence-electron chi connectivity index (χ3n) is 4.53. The molecular formula is C22H30N2O3. The maximum absolute atomic E-state index is 12.6.